The summed E-state index contributed by atoms with van der Waals surface area (Å²) in [5.41, 5.74) is -0.0276. The molecule has 4 rings (SSSR count). The Kier molecular flexibility index (Phi) is 6.31. The number of ether oxygens (including phenoxy) is 1. The number of primary sulfonamides is 1. The fourth-order valence-electron chi connectivity index (χ4n) is 3.92. The number of hydrogen-bond donors (Lipinski definition) is 2. The van der Waals surface area contributed by atoms with Gasteiger partial charge in [0.15, 0.2) is 0 Å². The zero-order valence-corrected chi connectivity index (χ0v) is 19.5. The molecule has 184 valence electrons. The summed E-state index contributed by atoms with van der Waals surface area (Å²) < 4.78 is 28.5. The van der Waals surface area contributed by atoms with Crippen molar-refractivity contribution < 1.29 is 32.8 Å². The van der Waals surface area contributed by atoms with Crippen molar-refractivity contribution in [3.8, 4) is 5.75 Å². The van der Waals surface area contributed by atoms with E-state index in [1.165, 1.54) is 49.6 Å². The van der Waals surface area contributed by atoms with E-state index in [1.54, 1.807) is 24.3 Å². The standard InChI is InChI=1S/C24H19N3O8S/c1-35-18-9-5-14(6-10-18)21-20(22(28)15-3-2-4-17(13-15)27(31)32)23(29)24(30)26(21)16-7-11-19(12-8-16)36(25,33)34/h2-13,21,28H,1H3,(H2,25,33,34)/b22-20-. The number of aliphatic hydroxyl groups is 1. The van der Waals surface area contributed by atoms with Gasteiger partial charge in [0.2, 0.25) is 10.0 Å². The molecule has 0 bridgehead atoms. The van der Waals surface area contributed by atoms with E-state index in [1.807, 2.05) is 0 Å². The highest BCUT2D eigenvalue weighted by atomic mass is 32.2. The van der Waals surface area contributed by atoms with Crippen molar-refractivity contribution in [1.82, 2.24) is 0 Å². The average Bonchev–Trinajstić information content (AvgIpc) is 3.13. The van der Waals surface area contributed by atoms with E-state index in [2.05, 4.69) is 0 Å². The molecule has 1 unspecified atom stereocenters. The Balaban J connectivity index is 1.92. The molecule has 0 spiro atoms. The Morgan fingerprint density at radius 3 is 2.25 bits per heavy atom. The summed E-state index contributed by atoms with van der Waals surface area (Å²) in [5.74, 6) is -2.09. The number of rotatable bonds is 6. The van der Waals surface area contributed by atoms with Crippen LogP contribution >= 0.6 is 0 Å². The van der Waals surface area contributed by atoms with Crippen molar-refractivity contribution in [3.05, 3.63) is 99.6 Å². The highest BCUT2D eigenvalue weighted by molar-refractivity contribution is 7.89. The van der Waals surface area contributed by atoms with Crippen molar-refractivity contribution in [3.63, 3.8) is 0 Å². The molecule has 0 aromatic heterocycles. The van der Waals surface area contributed by atoms with E-state index in [-0.39, 0.29) is 27.4 Å². The number of methoxy groups -OCH3 is 1. The molecular weight excluding hydrogens is 490 g/mol. The quantitative estimate of drug-likeness (QED) is 0.168. The van der Waals surface area contributed by atoms with Gasteiger partial charge in [0.25, 0.3) is 17.4 Å². The highest BCUT2D eigenvalue weighted by Gasteiger charge is 2.47. The van der Waals surface area contributed by atoms with Gasteiger partial charge in [-0.2, -0.15) is 0 Å². The van der Waals surface area contributed by atoms with Crippen LogP contribution in [0.25, 0.3) is 5.76 Å². The fraction of sp³-hybridized carbons (Fsp3) is 0.0833. The van der Waals surface area contributed by atoms with E-state index in [4.69, 9.17) is 9.88 Å². The summed E-state index contributed by atoms with van der Waals surface area (Å²) in [6, 6.07) is 15.3. The summed E-state index contributed by atoms with van der Waals surface area (Å²) in [7, 11) is -2.53. The van der Waals surface area contributed by atoms with Gasteiger partial charge in [-0.1, -0.05) is 24.3 Å². The van der Waals surface area contributed by atoms with Crippen LogP contribution in [0.5, 0.6) is 5.75 Å². The number of nitrogens with two attached hydrogens (primary N) is 1. The molecule has 1 aliphatic heterocycles. The number of aliphatic hydroxyl groups excluding tert-OH is 1. The van der Waals surface area contributed by atoms with Crippen LogP contribution in [0, 0.1) is 10.1 Å². The van der Waals surface area contributed by atoms with Gasteiger partial charge < -0.3 is 9.84 Å². The third-order valence-corrected chi connectivity index (χ3v) is 6.58. The van der Waals surface area contributed by atoms with Gasteiger partial charge in [-0.15, -0.1) is 0 Å². The summed E-state index contributed by atoms with van der Waals surface area (Å²) in [5, 5.41) is 27.5. The van der Waals surface area contributed by atoms with Crippen molar-refractivity contribution in [1.29, 1.82) is 0 Å². The second-order valence-corrected chi connectivity index (χ2v) is 9.35. The highest BCUT2D eigenvalue weighted by Crippen LogP contribution is 2.42. The number of nitrogens with zero attached hydrogens (tertiary/aromatic N) is 2. The molecule has 3 N–H and O–H groups in total. The molecule has 1 heterocycles. The molecule has 3 aromatic rings. The number of amides is 1. The minimum atomic E-state index is -4.00. The van der Waals surface area contributed by atoms with Crippen LogP contribution in [-0.2, 0) is 19.6 Å². The molecule has 36 heavy (non-hydrogen) atoms. The normalized spacial score (nSPS) is 17.3. The monoisotopic (exact) mass is 509 g/mol. The van der Waals surface area contributed by atoms with Gasteiger partial charge in [-0.25, -0.2) is 13.6 Å². The zero-order chi connectivity index (χ0) is 26.2. The van der Waals surface area contributed by atoms with E-state index in [9.17, 15) is 33.2 Å². The number of benzene rings is 3. The van der Waals surface area contributed by atoms with Gasteiger partial charge in [-0.05, 0) is 42.0 Å². The fourth-order valence-corrected chi connectivity index (χ4v) is 4.43. The second kappa shape index (κ2) is 9.24. The Hall–Kier alpha value is -4.55. The Labute approximate surface area is 205 Å². The van der Waals surface area contributed by atoms with Crippen molar-refractivity contribution in [2.75, 3.05) is 12.0 Å². The number of ketones is 1. The lowest BCUT2D eigenvalue weighted by Crippen LogP contribution is -2.29. The largest absolute Gasteiger partial charge is 0.507 e. The summed E-state index contributed by atoms with van der Waals surface area (Å²) >= 11 is 0. The van der Waals surface area contributed by atoms with Crippen LogP contribution in [0.1, 0.15) is 17.2 Å². The zero-order valence-electron chi connectivity index (χ0n) is 18.7. The lowest BCUT2D eigenvalue weighted by Gasteiger charge is -2.25. The molecule has 1 atom stereocenters. The first-order valence-electron chi connectivity index (χ1n) is 10.4. The molecule has 1 aliphatic rings. The average molecular weight is 509 g/mol. The molecule has 1 fully saturated rings. The van der Waals surface area contributed by atoms with Crippen LogP contribution in [0.15, 0.2) is 83.3 Å². The number of hydrogen-bond acceptors (Lipinski definition) is 8. The summed E-state index contributed by atoms with van der Waals surface area (Å²) in [6.07, 6.45) is 0. The van der Waals surface area contributed by atoms with Crippen molar-refractivity contribution in [2.24, 2.45) is 5.14 Å². The predicted octanol–water partition coefficient (Wildman–Crippen LogP) is 2.88. The molecular formula is C24H19N3O8S. The first-order chi connectivity index (χ1) is 17.0. The lowest BCUT2D eigenvalue weighted by atomic mass is 9.95. The molecule has 1 saturated heterocycles. The summed E-state index contributed by atoms with van der Waals surface area (Å²) in [4.78, 5) is 37.8. The summed E-state index contributed by atoms with van der Waals surface area (Å²) in [6.45, 7) is 0. The van der Waals surface area contributed by atoms with E-state index < -0.39 is 38.4 Å². The molecule has 0 aliphatic carbocycles. The SMILES string of the molecule is COc1ccc(C2/C(=C(/O)c3cccc([N+](=O)[O-])c3)C(=O)C(=O)N2c2ccc(S(N)(=O)=O)cc2)cc1. The van der Waals surface area contributed by atoms with Gasteiger partial charge in [0.05, 0.1) is 28.5 Å². The number of carbonyl (C=O) groups excluding carboxylic acids is 2. The van der Waals surface area contributed by atoms with E-state index in [0.717, 1.165) is 11.0 Å². The maximum absolute atomic E-state index is 13.2. The molecule has 0 radical (unpaired) electrons. The molecule has 11 nitrogen and oxygen atoms in total. The predicted molar refractivity (Wildman–Crippen MR) is 129 cm³/mol. The van der Waals surface area contributed by atoms with Crippen molar-refractivity contribution in [2.45, 2.75) is 10.9 Å². The van der Waals surface area contributed by atoms with Crippen LogP contribution in [0.4, 0.5) is 11.4 Å². The molecule has 0 saturated carbocycles. The third-order valence-electron chi connectivity index (χ3n) is 5.65. The molecule has 1 amide bonds. The maximum atomic E-state index is 13.2. The van der Waals surface area contributed by atoms with Gasteiger partial charge in [0, 0.05) is 23.4 Å². The number of carbonyl (C=O) groups is 2. The smallest absolute Gasteiger partial charge is 0.300 e. The van der Waals surface area contributed by atoms with Crippen LogP contribution in [0.3, 0.4) is 0 Å². The van der Waals surface area contributed by atoms with Gasteiger partial charge >= 0.3 is 0 Å². The van der Waals surface area contributed by atoms with Crippen LogP contribution in [-0.4, -0.2) is 37.2 Å². The number of nitro benzene ring substituents is 1. The Morgan fingerprint density at radius 2 is 1.69 bits per heavy atom. The van der Waals surface area contributed by atoms with Crippen molar-refractivity contribution >= 4 is 38.8 Å². The first-order valence-corrected chi connectivity index (χ1v) is 11.9. The third kappa shape index (κ3) is 4.42. The lowest BCUT2D eigenvalue weighted by molar-refractivity contribution is -0.384. The number of non-ortho nitro benzene ring substituents is 1. The Bertz CT molecular complexity index is 1510. The number of nitro groups is 1. The van der Waals surface area contributed by atoms with E-state index >= 15 is 0 Å². The molecule has 12 heteroatoms. The van der Waals surface area contributed by atoms with Crippen LogP contribution in [0.2, 0.25) is 0 Å². The number of sulfonamides is 1. The second-order valence-electron chi connectivity index (χ2n) is 7.79. The topological polar surface area (TPSA) is 170 Å². The minimum absolute atomic E-state index is 0.0229. The minimum Gasteiger partial charge on any atom is -0.507 e. The number of anilines is 1. The van der Waals surface area contributed by atoms with Gasteiger partial charge in [0.1, 0.15) is 11.5 Å². The molecule has 3 aromatic carbocycles. The van der Waals surface area contributed by atoms with Crippen LogP contribution < -0.4 is 14.8 Å². The number of Topliss-reactive ketones (excluding diaryl/α,β-unsaturated/α-hetero) is 1. The first kappa shape index (κ1) is 24.6. The van der Waals surface area contributed by atoms with Gasteiger partial charge in [-0.3, -0.25) is 24.6 Å². The van der Waals surface area contributed by atoms with E-state index in [0.29, 0.717) is 11.3 Å². The maximum Gasteiger partial charge on any atom is 0.300 e. The Morgan fingerprint density at radius 1 is 1.06 bits per heavy atom.